The van der Waals surface area contributed by atoms with Gasteiger partial charge in [-0.1, -0.05) is 48.0 Å². The minimum atomic E-state index is -3.31. The first-order chi connectivity index (χ1) is 10.1. The van der Waals surface area contributed by atoms with E-state index >= 15 is 0 Å². The Labute approximate surface area is 125 Å². The molecule has 0 amide bonds. The summed E-state index contributed by atoms with van der Waals surface area (Å²) >= 11 is 0. The molecule has 2 N–H and O–H groups in total. The monoisotopic (exact) mass is 301 g/mol. The largest absolute Gasteiger partial charge is 0.330 e. The Morgan fingerprint density at radius 2 is 1.62 bits per heavy atom. The van der Waals surface area contributed by atoms with Crippen molar-refractivity contribution < 1.29 is 8.42 Å². The third-order valence-electron chi connectivity index (χ3n) is 4.26. The van der Waals surface area contributed by atoms with Crippen LogP contribution in [-0.2, 0) is 9.84 Å². The molecule has 1 fully saturated rings. The van der Waals surface area contributed by atoms with Crippen molar-refractivity contribution in [2.45, 2.75) is 23.0 Å². The molecule has 3 atom stereocenters. The molecule has 0 unspecified atom stereocenters. The van der Waals surface area contributed by atoms with Crippen LogP contribution in [0.25, 0.3) is 0 Å². The topological polar surface area (TPSA) is 60.2 Å². The Bertz CT molecular complexity index is 723. The van der Waals surface area contributed by atoms with Crippen LogP contribution in [-0.4, -0.2) is 20.2 Å². The lowest BCUT2D eigenvalue weighted by molar-refractivity contribution is 0.591. The number of hydrogen-bond acceptors (Lipinski definition) is 3. The van der Waals surface area contributed by atoms with Gasteiger partial charge in [0.05, 0.1) is 10.1 Å². The van der Waals surface area contributed by atoms with E-state index in [-0.39, 0.29) is 11.8 Å². The van der Waals surface area contributed by atoms with Crippen LogP contribution in [0.3, 0.4) is 0 Å². The number of aryl methyl sites for hydroxylation is 1. The number of sulfone groups is 1. The molecule has 1 aliphatic carbocycles. The highest BCUT2D eigenvalue weighted by molar-refractivity contribution is 7.92. The van der Waals surface area contributed by atoms with Crippen LogP contribution in [0, 0.1) is 12.8 Å². The standard InChI is InChI=1S/C17H19NO2S/c1-12-7-9-13(10-8-12)16-15(11-18)17(16)21(19,20)14-5-3-2-4-6-14/h2-10,15-17H,11,18H2,1H3/t15-,16-,17-/m0/s1. The molecule has 110 valence electrons. The maximum absolute atomic E-state index is 12.8. The molecule has 0 radical (unpaired) electrons. The number of rotatable bonds is 4. The summed E-state index contributed by atoms with van der Waals surface area (Å²) in [5.41, 5.74) is 8.03. The van der Waals surface area contributed by atoms with Crippen molar-refractivity contribution in [3.05, 3.63) is 65.7 Å². The Morgan fingerprint density at radius 1 is 1.00 bits per heavy atom. The van der Waals surface area contributed by atoms with Crippen molar-refractivity contribution in [2.75, 3.05) is 6.54 Å². The maximum Gasteiger partial charge on any atom is 0.182 e. The van der Waals surface area contributed by atoms with Crippen LogP contribution in [0.2, 0.25) is 0 Å². The number of nitrogens with two attached hydrogens (primary N) is 1. The second-order valence-electron chi connectivity index (χ2n) is 5.66. The van der Waals surface area contributed by atoms with Crippen LogP contribution >= 0.6 is 0 Å². The zero-order valence-electron chi connectivity index (χ0n) is 11.9. The molecule has 0 bridgehead atoms. The van der Waals surface area contributed by atoms with Gasteiger partial charge in [-0.05, 0) is 37.1 Å². The summed E-state index contributed by atoms with van der Waals surface area (Å²) in [5.74, 6) is 0.0266. The van der Waals surface area contributed by atoms with E-state index in [4.69, 9.17) is 5.73 Å². The molecule has 0 aliphatic heterocycles. The first-order valence-corrected chi connectivity index (χ1v) is 8.66. The molecule has 3 nitrogen and oxygen atoms in total. The van der Waals surface area contributed by atoms with Gasteiger partial charge in [-0.25, -0.2) is 8.42 Å². The fraction of sp³-hybridized carbons (Fsp3) is 0.294. The molecule has 2 aromatic carbocycles. The predicted molar refractivity (Wildman–Crippen MR) is 83.9 cm³/mol. The molecule has 0 saturated heterocycles. The minimum Gasteiger partial charge on any atom is -0.330 e. The average molecular weight is 301 g/mol. The first-order valence-electron chi connectivity index (χ1n) is 7.11. The molecule has 21 heavy (non-hydrogen) atoms. The van der Waals surface area contributed by atoms with Crippen LogP contribution in [0.5, 0.6) is 0 Å². The minimum absolute atomic E-state index is 0.0120. The maximum atomic E-state index is 12.8. The Kier molecular flexibility index (Phi) is 3.59. The molecule has 0 aromatic heterocycles. The normalized spacial score (nSPS) is 24.8. The molecule has 2 aromatic rings. The van der Waals surface area contributed by atoms with Crippen molar-refractivity contribution in [3.8, 4) is 0 Å². The molecule has 1 aliphatic rings. The lowest BCUT2D eigenvalue weighted by Crippen LogP contribution is -2.13. The van der Waals surface area contributed by atoms with Gasteiger partial charge in [-0.2, -0.15) is 0 Å². The van der Waals surface area contributed by atoms with Gasteiger partial charge in [-0.3, -0.25) is 0 Å². The Morgan fingerprint density at radius 3 is 2.19 bits per heavy atom. The number of hydrogen-bond donors (Lipinski definition) is 1. The van der Waals surface area contributed by atoms with E-state index in [2.05, 4.69) is 0 Å². The lowest BCUT2D eigenvalue weighted by atomic mass is 10.1. The molecule has 0 spiro atoms. The van der Waals surface area contributed by atoms with Crippen molar-refractivity contribution in [2.24, 2.45) is 11.7 Å². The van der Waals surface area contributed by atoms with Crippen LogP contribution in [0.15, 0.2) is 59.5 Å². The lowest BCUT2D eigenvalue weighted by Gasteiger charge is -2.04. The summed E-state index contributed by atoms with van der Waals surface area (Å²) in [4.78, 5) is 0.392. The van der Waals surface area contributed by atoms with Gasteiger partial charge in [0.1, 0.15) is 0 Å². The second kappa shape index (κ2) is 5.28. The van der Waals surface area contributed by atoms with Gasteiger partial charge in [-0.15, -0.1) is 0 Å². The molecule has 1 saturated carbocycles. The highest BCUT2D eigenvalue weighted by Crippen LogP contribution is 2.53. The van der Waals surface area contributed by atoms with Crippen molar-refractivity contribution in [3.63, 3.8) is 0 Å². The van der Waals surface area contributed by atoms with Gasteiger partial charge in [0.15, 0.2) is 9.84 Å². The Balaban J connectivity index is 1.94. The highest BCUT2D eigenvalue weighted by Gasteiger charge is 2.57. The van der Waals surface area contributed by atoms with E-state index in [9.17, 15) is 8.42 Å². The van der Waals surface area contributed by atoms with Crippen LogP contribution < -0.4 is 5.73 Å². The average Bonchev–Trinajstić information content (AvgIpc) is 3.24. The van der Waals surface area contributed by atoms with Crippen LogP contribution in [0.1, 0.15) is 17.0 Å². The SMILES string of the molecule is Cc1ccc([C@H]2[C@H](CN)[C@@H]2S(=O)(=O)c2ccccc2)cc1. The van der Waals surface area contributed by atoms with Gasteiger partial charge in [0, 0.05) is 5.92 Å². The van der Waals surface area contributed by atoms with Crippen LogP contribution in [0.4, 0.5) is 0 Å². The quantitative estimate of drug-likeness (QED) is 0.944. The summed E-state index contributed by atoms with van der Waals surface area (Å²) < 4.78 is 25.5. The van der Waals surface area contributed by atoms with E-state index in [1.807, 2.05) is 37.3 Å². The van der Waals surface area contributed by atoms with Gasteiger partial charge in [0.2, 0.25) is 0 Å². The van der Waals surface area contributed by atoms with Gasteiger partial charge >= 0.3 is 0 Å². The number of benzene rings is 2. The fourth-order valence-corrected chi connectivity index (χ4v) is 5.28. The predicted octanol–water partition coefficient (Wildman–Crippen LogP) is 2.51. The summed E-state index contributed by atoms with van der Waals surface area (Å²) in [5, 5.41) is -0.396. The Hall–Kier alpha value is -1.65. The van der Waals surface area contributed by atoms with Crippen molar-refractivity contribution >= 4 is 9.84 Å². The molecular weight excluding hydrogens is 282 g/mol. The van der Waals surface area contributed by atoms with Crippen molar-refractivity contribution in [1.82, 2.24) is 0 Å². The fourth-order valence-electron chi connectivity index (χ4n) is 3.04. The summed E-state index contributed by atoms with van der Waals surface area (Å²) in [6, 6.07) is 16.7. The summed E-state index contributed by atoms with van der Waals surface area (Å²) in [6.07, 6.45) is 0. The molecule has 3 rings (SSSR count). The molecular formula is C17H19NO2S. The summed E-state index contributed by atoms with van der Waals surface area (Å²) in [7, 11) is -3.31. The molecule has 4 heteroatoms. The zero-order chi connectivity index (χ0) is 15.0. The van der Waals surface area contributed by atoms with Gasteiger partial charge < -0.3 is 5.73 Å². The highest BCUT2D eigenvalue weighted by atomic mass is 32.2. The van der Waals surface area contributed by atoms with E-state index in [0.717, 1.165) is 5.56 Å². The third kappa shape index (κ3) is 2.49. The third-order valence-corrected chi connectivity index (χ3v) is 6.55. The zero-order valence-corrected chi connectivity index (χ0v) is 12.8. The summed E-state index contributed by atoms with van der Waals surface area (Å²) in [6.45, 7) is 2.42. The first kappa shape index (κ1) is 14.3. The van der Waals surface area contributed by atoms with E-state index in [0.29, 0.717) is 11.4 Å². The second-order valence-corrected chi connectivity index (χ2v) is 7.76. The van der Waals surface area contributed by atoms with Crippen molar-refractivity contribution in [1.29, 1.82) is 0 Å². The smallest absolute Gasteiger partial charge is 0.182 e. The van der Waals surface area contributed by atoms with E-state index in [1.54, 1.807) is 24.3 Å². The molecule has 0 heterocycles. The van der Waals surface area contributed by atoms with E-state index < -0.39 is 15.1 Å². The van der Waals surface area contributed by atoms with Gasteiger partial charge in [0.25, 0.3) is 0 Å². The van der Waals surface area contributed by atoms with E-state index in [1.165, 1.54) is 5.56 Å².